The van der Waals surface area contributed by atoms with Crippen LogP contribution in [0.25, 0.3) is 22.4 Å². The summed E-state index contributed by atoms with van der Waals surface area (Å²) in [7, 11) is 0. The molecule has 0 bridgehead atoms. The molecule has 1 aliphatic rings. The van der Waals surface area contributed by atoms with Gasteiger partial charge < -0.3 is 14.1 Å². The van der Waals surface area contributed by atoms with Crippen LogP contribution >= 0.6 is 0 Å². The molecular weight excluding hydrogens is 268 g/mol. The molecule has 21 heavy (non-hydrogen) atoms. The van der Waals surface area contributed by atoms with Crippen molar-refractivity contribution in [3.05, 3.63) is 36.4 Å². The molecule has 4 rings (SSSR count). The number of fused-ring (bicyclic) bond motifs is 1. The Morgan fingerprint density at radius 2 is 2.00 bits per heavy atom. The number of hydrogen-bond donors (Lipinski definition) is 1. The lowest BCUT2D eigenvalue weighted by Gasteiger charge is -2.24. The molecular formula is C15H16N4O2. The van der Waals surface area contributed by atoms with Gasteiger partial charge in [0.2, 0.25) is 11.8 Å². The molecule has 1 saturated heterocycles. The van der Waals surface area contributed by atoms with E-state index >= 15 is 0 Å². The molecule has 0 unspecified atom stereocenters. The molecule has 3 aromatic rings. The second kappa shape index (κ2) is 5.31. The van der Waals surface area contributed by atoms with Crippen molar-refractivity contribution in [2.75, 3.05) is 26.3 Å². The zero-order valence-corrected chi connectivity index (χ0v) is 11.6. The average molecular weight is 284 g/mol. The van der Waals surface area contributed by atoms with Crippen molar-refractivity contribution >= 4 is 10.9 Å². The van der Waals surface area contributed by atoms with Crippen LogP contribution in [-0.2, 0) is 11.3 Å². The fourth-order valence-electron chi connectivity index (χ4n) is 2.63. The molecule has 1 fully saturated rings. The summed E-state index contributed by atoms with van der Waals surface area (Å²) in [4.78, 5) is 5.48. The summed E-state index contributed by atoms with van der Waals surface area (Å²) in [5.74, 6) is 1.22. The summed E-state index contributed by atoms with van der Waals surface area (Å²) in [6.07, 6.45) is 1.91. The van der Waals surface area contributed by atoms with Crippen molar-refractivity contribution < 1.29 is 9.15 Å². The van der Waals surface area contributed by atoms with E-state index in [1.807, 2.05) is 30.5 Å². The molecule has 0 radical (unpaired) electrons. The predicted octanol–water partition coefficient (Wildman–Crippen LogP) is 2.05. The van der Waals surface area contributed by atoms with E-state index in [-0.39, 0.29) is 0 Å². The van der Waals surface area contributed by atoms with Crippen LogP contribution in [0.5, 0.6) is 0 Å². The summed E-state index contributed by atoms with van der Waals surface area (Å²) in [5, 5.41) is 9.44. The molecule has 0 spiro atoms. The standard InChI is InChI=1S/C15H16N4O2/c1-2-4-13-11(3-1)12(9-16-13)15-18-17-14(21-15)10-19-5-7-20-8-6-19/h1-4,9,16H,5-8,10H2. The highest BCUT2D eigenvalue weighted by atomic mass is 16.5. The lowest BCUT2D eigenvalue weighted by atomic mass is 10.2. The van der Waals surface area contributed by atoms with Gasteiger partial charge in [0.05, 0.1) is 25.3 Å². The minimum Gasteiger partial charge on any atom is -0.419 e. The molecule has 0 aliphatic carbocycles. The van der Waals surface area contributed by atoms with E-state index in [9.17, 15) is 0 Å². The first-order valence-corrected chi connectivity index (χ1v) is 7.09. The number of nitrogens with zero attached hydrogens (tertiary/aromatic N) is 3. The molecule has 1 aromatic carbocycles. The fourth-order valence-corrected chi connectivity index (χ4v) is 2.63. The van der Waals surface area contributed by atoms with Gasteiger partial charge in [0.1, 0.15) is 0 Å². The Morgan fingerprint density at radius 3 is 2.90 bits per heavy atom. The Hall–Kier alpha value is -2.18. The smallest absolute Gasteiger partial charge is 0.249 e. The highest BCUT2D eigenvalue weighted by molar-refractivity contribution is 5.93. The average Bonchev–Trinajstić information content (AvgIpc) is 3.14. The van der Waals surface area contributed by atoms with Gasteiger partial charge in [-0.15, -0.1) is 10.2 Å². The van der Waals surface area contributed by atoms with Gasteiger partial charge in [0.25, 0.3) is 0 Å². The molecule has 0 amide bonds. The maximum absolute atomic E-state index is 5.81. The van der Waals surface area contributed by atoms with Crippen molar-refractivity contribution in [1.29, 1.82) is 0 Å². The maximum Gasteiger partial charge on any atom is 0.249 e. The van der Waals surface area contributed by atoms with Crippen molar-refractivity contribution in [3.63, 3.8) is 0 Å². The topological polar surface area (TPSA) is 67.2 Å². The van der Waals surface area contributed by atoms with Gasteiger partial charge in [-0.1, -0.05) is 18.2 Å². The van der Waals surface area contributed by atoms with Gasteiger partial charge in [-0.3, -0.25) is 4.90 Å². The number of hydrogen-bond acceptors (Lipinski definition) is 5. The third kappa shape index (κ3) is 2.43. The number of para-hydroxylation sites is 1. The van der Waals surface area contributed by atoms with Gasteiger partial charge in [0.15, 0.2) is 0 Å². The Morgan fingerprint density at radius 1 is 1.14 bits per heavy atom. The van der Waals surface area contributed by atoms with Gasteiger partial charge >= 0.3 is 0 Å². The number of aromatic nitrogens is 3. The quantitative estimate of drug-likeness (QED) is 0.797. The molecule has 0 atom stereocenters. The molecule has 2 aromatic heterocycles. The van der Waals surface area contributed by atoms with Gasteiger partial charge in [-0.25, -0.2) is 0 Å². The molecule has 6 heteroatoms. The van der Waals surface area contributed by atoms with E-state index in [0.717, 1.165) is 42.8 Å². The van der Waals surface area contributed by atoms with Gasteiger partial charge in [-0.2, -0.15) is 0 Å². The molecule has 6 nitrogen and oxygen atoms in total. The summed E-state index contributed by atoms with van der Waals surface area (Å²) in [6, 6.07) is 8.09. The van der Waals surface area contributed by atoms with Crippen molar-refractivity contribution in [1.82, 2.24) is 20.1 Å². The molecule has 0 saturated carbocycles. The van der Waals surface area contributed by atoms with Crippen LogP contribution in [0.2, 0.25) is 0 Å². The third-order valence-electron chi connectivity index (χ3n) is 3.75. The van der Waals surface area contributed by atoms with E-state index < -0.39 is 0 Å². The van der Waals surface area contributed by atoms with Gasteiger partial charge in [-0.05, 0) is 6.07 Å². The van der Waals surface area contributed by atoms with E-state index in [4.69, 9.17) is 9.15 Å². The normalized spacial score (nSPS) is 16.6. The predicted molar refractivity (Wildman–Crippen MR) is 77.7 cm³/mol. The monoisotopic (exact) mass is 284 g/mol. The Bertz CT molecular complexity index is 743. The number of benzene rings is 1. The molecule has 1 N–H and O–H groups in total. The summed E-state index contributed by atoms with van der Waals surface area (Å²) < 4.78 is 11.2. The zero-order valence-electron chi connectivity index (χ0n) is 11.6. The minimum absolute atomic E-state index is 0.565. The van der Waals surface area contributed by atoms with Crippen LogP contribution in [0.1, 0.15) is 5.89 Å². The minimum atomic E-state index is 0.565. The van der Waals surface area contributed by atoms with E-state index in [0.29, 0.717) is 18.3 Å². The van der Waals surface area contributed by atoms with E-state index in [2.05, 4.69) is 20.1 Å². The summed E-state index contributed by atoms with van der Waals surface area (Å²) >= 11 is 0. The third-order valence-corrected chi connectivity index (χ3v) is 3.75. The molecule has 3 heterocycles. The maximum atomic E-state index is 5.81. The molecule has 108 valence electrons. The SMILES string of the molecule is c1ccc2c(-c3nnc(CN4CCOCC4)o3)c[nH]c2c1. The van der Waals surface area contributed by atoms with Gasteiger partial charge in [0, 0.05) is 30.2 Å². The van der Waals surface area contributed by atoms with Crippen molar-refractivity contribution in [2.45, 2.75) is 6.54 Å². The number of nitrogens with one attached hydrogen (secondary N) is 1. The number of aromatic amines is 1. The molecule has 1 aliphatic heterocycles. The van der Waals surface area contributed by atoms with E-state index in [1.54, 1.807) is 0 Å². The fraction of sp³-hybridized carbons (Fsp3) is 0.333. The lowest BCUT2D eigenvalue weighted by Crippen LogP contribution is -2.35. The lowest BCUT2D eigenvalue weighted by molar-refractivity contribution is 0.0306. The second-order valence-electron chi connectivity index (χ2n) is 5.14. The number of H-pyrrole nitrogens is 1. The van der Waals surface area contributed by atoms with Crippen molar-refractivity contribution in [2.24, 2.45) is 0 Å². The van der Waals surface area contributed by atoms with Crippen LogP contribution in [0.15, 0.2) is 34.9 Å². The van der Waals surface area contributed by atoms with E-state index in [1.165, 1.54) is 0 Å². The first-order chi connectivity index (χ1) is 10.4. The van der Waals surface area contributed by atoms with Crippen LogP contribution in [0, 0.1) is 0 Å². The number of ether oxygens (including phenoxy) is 1. The second-order valence-corrected chi connectivity index (χ2v) is 5.14. The Kier molecular flexibility index (Phi) is 3.17. The Labute approximate surface area is 121 Å². The highest BCUT2D eigenvalue weighted by Gasteiger charge is 2.16. The van der Waals surface area contributed by atoms with Crippen molar-refractivity contribution in [3.8, 4) is 11.5 Å². The number of rotatable bonds is 3. The first-order valence-electron chi connectivity index (χ1n) is 7.09. The zero-order chi connectivity index (χ0) is 14.1. The summed E-state index contributed by atoms with van der Waals surface area (Å²) in [5.41, 5.74) is 2.02. The van der Waals surface area contributed by atoms with Crippen LogP contribution in [0.4, 0.5) is 0 Å². The van der Waals surface area contributed by atoms with Crippen LogP contribution < -0.4 is 0 Å². The summed E-state index contributed by atoms with van der Waals surface area (Å²) in [6.45, 7) is 4.03. The number of morpholine rings is 1. The first kappa shape index (κ1) is 12.6. The Balaban J connectivity index is 1.59. The van der Waals surface area contributed by atoms with Crippen LogP contribution in [-0.4, -0.2) is 46.4 Å². The highest BCUT2D eigenvalue weighted by Crippen LogP contribution is 2.27. The largest absolute Gasteiger partial charge is 0.419 e. The van der Waals surface area contributed by atoms with Crippen LogP contribution in [0.3, 0.4) is 0 Å².